The minimum atomic E-state index is -0.689. The smallest absolute Gasteiger partial charge is 0.341 e. The van der Waals surface area contributed by atoms with Crippen LogP contribution in [0.3, 0.4) is 0 Å². The number of nitrogens with zero attached hydrogens (tertiary/aromatic N) is 3. The molecular formula is C17H16BrN5O4S. The van der Waals surface area contributed by atoms with E-state index in [2.05, 4.69) is 31.3 Å². The monoisotopic (exact) mass is 465 g/mol. The molecule has 146 valence electrons. The molecule has 0 saturated heterocycles. The third kappa shape index (κ3) is 3.62. The molecule has 2 amide bonds. The molecule has 11 heteroatoms. The van der Waals surface area contributed by atoms with E-state index in [1.165, 1.54) is 4.52 Å². The first-order chi connectivity index (χ1) is 13.3. The fourth-order valence-electron chi connectivity index (χ4n) is 2.52. The zero-order chi connectivity index (χ0) is 20.4. The van der Waals surface area contributed by atoms with Crippen LogP contribution in [-0.4, -0.2) is 39.0 Å². The first kappa shape index (κ1) is 20.0. The first-order valence-electron chi connectivity index (χ1n) is 8.25. The molecule has 0 radical (unpaired) electrons. The van der Waals surface area contributed by atoms with Crippen LogP contribution in [0.4, 0.5) is 5.00 Å². The number of carbonyl (C=O) groups is 3. The van der Waals surface area contributed by atoms with Gasteiger partial charge in [0.2, 0.25) is 0 Å². The van der Waals surface area contributed by atoms with E-state index in [4.69, 9.17) is 10.5 Å². The van der Waals surface area contributed by atoms with Gasteiger partial charge in [0.05, 0.1) is 21.5 Å². The molecule has 3 rings (SSSR count). The maximum atomic E-state index is 12.8. The van der Waals surface area contributed by atoms with Crippen LogP contribution < -0.4 is 11.1 Å². The number of amides is 2. The Bertz CT molecular complexity index is 1090. The number of fused-ring (bicyclic) bond motifs is 1. The van der Waals surface area contributed by atoms with Crippen molar-refractivity contribution in [3.63, 3.8) is 0 Å². The minimum Gasteiger partial charge on any atom is -0.462 e. The van der Waals surface area contributed by atoms with Gasteiger partial charge < -0.3 is 15.8 Å². The number of anilines is 1. The number of thiophene rings is 1. The summed E-state index contributed by atoms with van der Waals surface area (Å²) in [4.78, 5) is 41.2. The number of hydrogen-bond donors (Lipinski definition) is 2. The number of ether oxygens (including phenoxy) is 1. The van der Waals surface area contributed by atoms with Gasteiger partial charge in [0, 0.05) is 12.4 Å². The molecule has 0 atom stereocenters. The average Bonchev–Trinajstić information content (AvgIpc) is 3.17. The molecule has 0 spiro atoms. The second-order valence-corrected chi connectivity index (χ2v) is 7.58. The number of primary amides is 1. The van der Waals surface area contributed by atoms with Crippen molar-refractivity contribution in [2.24, 2.45) is 5.73 Å². The van der Waals surface area contributed by atoms with E-state index in [1.807, 2.05) is 6.92 Å². The van der Waals surface area contributed by atoms with E-state index < -0.39 is 17.8 Å². The Hall–Kier alpha value is -2.79. The van der Waals surface area contributed by atoms with Crippen LogP contribution in [-0.2, 0) is 4.74 Å². The predicted molar refractivity (Wildman–Crippen MR) is 107 cm³/mol. The lowest BCUT2D eigenvalue weighted by atomic mass is 10.1. The second-order valence-electron chi connectivity index (χ2n) is 5.77. The SMILES string of the molecule is CCCOC(=O)c1c(NC(=O)c2nn3cccnc3c2Br)sc(C(N)=O)c1C. The summed E-state index contributed by atoms with van der Waals surface area (Å²) in [7, 11) is 0. The Balaban J connectivity index is 1.99. The third-order valence-electron chi connectivity index (χ3n) is 3.79. The Labute approximate surface area is 172 Å². The second kappa shape index (κ2) is 8.07. The summed E-state index contributed by atoms with van der Waals surface area (Å²) in [6.45, 7) is 3.66. The molecule has 0 bridgehead atoms. The van der Waals surface area contributed by atoms with E-state index in [-0.39, 0.29) is 27.7 Å². The fourth-order valence-corrected chi connectivity index (χ4v) is 4.10. The first-order valence-corrected chi connectivity index (χ1v) is 9.86. The van der Waals surface area contributed by atoms with Gasteiger partial charge in [-0.05, 0) is 40.9 Å². The molecule has 9 nitrogen and oxygen atoms in total. The summed E-state index contributed by atoms with van der Waals surface area (Å²) in [5.74, 6) is -1.89. The topological polar surface area (TPSA) is 129 Å². The number of nitrogens with one attached hydrogen (secondary N) is 1. The summed E-state index contributed by atoms with van der Waals surface area (Å²) in [6, 6.07) is 1.68. The Kier molecular flexibility index (Phi) is 5.75. The molecule has 0 aliphatic rings. The van der Waals surface area contributed by atoms with Crippen molar-refractivity contribution in [1.29, 1.82) is 0 Å². The molecular weight excluding hydrogens is 450 g/mol. The molecule has 0 aliphatic heterocycles. The molecule has 28 heavy (non-hydrogen) atoms. The van der Waals surface area contributed by atoms with E-state index in [9.17, 15) is 14.4 Å². The van der Waals surface area contributed by atoms with Gasteiger partial charge in [-0.2, -0.15) is 5.10 Å². The van der Waals surface area contributed by atoms with E-state index >= 15 is 0 Å². The van der Waals surface area contributed by atoms with E-state index in [0.717, 1.165) is 11.3 Å². The van der Waals surface area contributed by atoms with Gasteiger partial charge in [-0.1, -0.05) is 6.92 Å². The molecule has 3 N–H and O–H groups in total. The lowest BCUT2D eigenvalue weighted by Gasteiger charge is -2.07. The number of nitrogens with two attached hydrogens (primary N) is 1. The Morgan fingerprint density at radius 2 is 2.14 bits per heavy atom. The standard InChI is InChI=1S/C17H16BrN5O4S/c1-3-7-27-17(26)9-8(2)12(13(19)24)28-16(9)21-15(25)11-10(18)14-20-5-4-6-23(14)22-11/h4-6H,3,7H2,1-2H3,(H2,19,24)(H,21,25). The zero-order valence-electron chi connectivity index (χ0n) is 15.0. The van der Waals surface area contributed by atoms with Crippen LogP contribution in [0.15, 0.2) is 22.9 Å². The Morgan fingerprint density at radius 3 is 2.79 bits per heavy atom. The largest absolute Gasteiger partial charge is 0.462 e. The van der Waals surface area contributed by atoms with Crippen LogP contribution >= 0.6 is 27.3 Å². The normalized spacial score (nSPS) is 10.8. The molecule has 3 aromatic rings. The highest BCUT2D eigenvalue weighted by atomic mass is 79.9. The van der Waals surface area contributed by atoms with Crippen molar-refractivity contribution in [2.75, 3.05) is 11.9 Å². The van der Waals surface area contributed by atoms with Crippen LogP contribution in [0.1, 0.15) is 49.4 Å². The summed E-state index contributed by atoms with van der Waals surface area (Å²) < 4.78 is 7.03. The van der Waals surface area contributed by atoms with Crippen LogP contribution in [0.25, 0.3) is 5.65 Å². The number of rotatable bonds is 6. The van der Waals surface area contributed by atoms with Crippen molar-refractivity contribution in [2.45, 2.75) is 20.3 Å². The molecule has 0 aliphatic carbocycles. The molecule has 0 fully saturated rings. The maximum absolute atomic E-state index is 12.8. The predicted octanol–water partition coefficient (Wildman–Crippen LogP) is 2.78. The van der Waals surface area contributed by atoms with Crippen molar-refractivity contribution in [3.05, 3.63) is 44.6 Å². The van der Waals surface area contributed by atoms with Crippen molar-refractivity contribution in [1.82, 2.24) is 14.6 Å². The zero-order valence-corrected chi connectivity index (χ0v) is 17.4. The van der Waals surface area contributed by atoms with Gasteiger partial charge in [-0.15, -0.1) is 11.3 Å². The Morgan fingerprint density at radius 1 is 1.39 bits per heavy atom. The van der Waals surface area contributed by atoms with Gasteiger partial charge in [0.25, 0.3) is 11.8 Å². The number of aromatic nitrogens is 3. The van der Waals surface area contributed by atoms with Gasteiger partial charge in [-0.25, -0.2) is 14.3 Å². The highest BCUT2D eigenvalue weighted by molar-refractivity contribution is 9.10. The lowest BCUT2D eigenvalue weighted by molar-refractivity contribution is 0.0506. The van der Waals surface area contributed by atoms with Crippen molar-refractivity contribution >= 4 is 55.7 Å². The highest BCUT2D eigenvalue weighted by Gasteiger charge is 2.27. The summed E-state index contributed by atoms with van der Waals surface area (Å²) in [6.07, 6.45) is 3.87. The van der Waals surface area contributed by atoms with Crippen LogP contribution in [0, 0.1) is 6.92 Å². The van der Waals surface area contributed by atoms with Crippen LogP contribution in [0.5, 0.6) is 0 Å². The van der Waals surface area contributed by atoms with E-state index in [0.29, 0.717) is 22.1 Å². The van der Waals surface area contributed by atoms with Crippen molar-refractivity contribution in [3.8, 4) is 0 Å². The molecule has 0 aromatic carbocycles. The third-order valence-corrected chi connectivity index (χ3v) is 5.75. The molecule has 0 saturated carbocycles. The average molecular weight is 466 g/mol. The van der Waals surface area contributed by atoms with Gasteiger partial charge in [0.1, 0.15) is 5.00 Å². The van der Waals surface area contributed by atoms with Crippen molar-refractivity contribution < 1.29 is 19.1 Å². The molecule has 3 aromatic heterocycles. The van der Waals surface area contributed by atoms with Gasteiger partial charge in [-0.3, -0.25) is 9.59 Å². The molecule has 0 unspecified atom stereocenters. The fraction of sp³-hybridized carbons (Fsp3) is 0.235. The highest BCUT2D eigenvalue weighted by Crippen LogP contribution is 2.34. The van der Waals surface area contributed by atoms with Gasteiger partial charge in [0.15, 0.2) is 11.3 Å². The minimum absolute atomic E-state index is 0.0817. The van der Waals surface area contributed by atoms with Crippen LogP contribution in [0.2, 0.25) is 0 Å². The van der Waals surface area contributed by atoms with E-state index in [1.54, 1.807) is 25.4 Å². The summed E-state index contributed by atoms with van der Waals surface area (Å²) >= 11 is 4.24. The maximum Gasteiger partial charge on any atom is 0.341 e. The lowest BCUT2D eigenvalue weighted by Crippen LogP contribution is -2.16. The summed E-state index contributed by atoms with van der Waals surface area (Å²) in [5.41, 5.74) is 6.41. The summed E-state index contributed by atoms with van der Waals surface area (Å²) in [5, 5.41) is 7.00. The number of hydrogen-bond acceptors (Lipinski definition) is 7. The molecule has 3 heterocycles. The van der Waals surface area contributed by atoms with Gasteiger partial charge >= 0.3 is 5.97 Å². The number of esters is 1. The quantitative estimate of drug-likeness (QED) is 0.538. The number of carbonyl (C=O) groups excluding carboxylic acids is 3. The number of halogens is 1.